The van der Waals surface area contributed by atoms with Crippen LogP contribution in [0.25, 0.3) is 11.1 Å². The molecule has 0 atom stereocenters. The first-order valence-corrected chi connectivity index (χ1v) is 7.92. The third-order valence-corrected chi connectivity index (χ3v) is 4.19. The van der Waals surface area contributed by atoms with E-state index in [1.807, 2.05) is 31.3 Å². The summed E-state index contributed by atoms with van der Waals surface area (Å²) < 4.78 is 1.80. The van der Waals surface area contributed by atoms with Crippen LogP contribution in [0.15, 0.2) is 49.1 Å². The molecule has 4 rings (SSSR count). The number of carbonyl (C=O) groups is 1. The van der Waals surface area contributed by atoms with Gasteiger partial charge in [-0.15, -0.1) is 0 Å². The quantitative estimate of drug-likeness (QED) is 0.802. The maximum absolute atomic E-state index is 12.6. The first-order chi connectivity index (χ1) is 11.7. The molecule has 120 valence electrons. The Balaban J connectivity index is 1.59. The van der Waals surface area contributed by atoms with Gasteiger partial charge < -0.3 is 5.32 Å². The van der Waals surface area contributed by atoms with Gasteiger partial charge in [-0.2, -0.15) is 5.10 Å². The Hall–Kier alpha value is -3.02. The highest BCUT2D eigenvalue weighted by Gasteiger charge is 2.31. The highest BCUT2D eigenvalue weighted by Crippen LogP contribution is 2.41. The van der Waals surface area contributed by atoms with Crippen LogP contribution in [0.5, 0.6) is 0 Å². The molecule has 6 nitrogen and oxygen atoms in total. The Bertz CT molecular complexity index is 883. The zero-order valence-corrected chi connectivity index (χ0v) is 13.3. The topological polar surface area (TPSA) is 72.7 Å². The third-order valence-electron chi connectivity index (χ3n) is 4.19. The molecule has 0 aliphatic heterocycles. The van der Waals surface area contributed by atoms with Gasteiger partial charge in [0.25, 0.3) is 5.91 Å². The van der Waals surface area contributed by atoms with Crippen LogP contribution in [0.4, 0.5) is 5.82 Å². The minimum Gasteiger partial charge on any atom is -0.306 e. The molecule has 1 aliphatic rings. The smallest absolute Gasteiger partial charge is 0.260 e. The number of aromatic nitrogens is 4. The van der Waals surface area contributed by atoms with Gasteiger partial charge in [0.2, 0.25) is 0 Å². The van der Waals surface area contributed by atoms with E-state index in [0.29, 0.717) is 17.3 Å². The van der Waals surface area contributed by atoms with Crippen molar-refractivity contribution in [3.8, 4) is 11.1 Å². The number of rotatable bonds is 4. The molecule has 1 amide bonds. The Morgan fingerprint density at radius 3 is 2.83 bits per heavy atom. The van der Waals surface area contributed by atoms with Crippen LogP contribution in [-0.4, -0.2) is 25.7 Å². The molecule has 0 aromatic carbocycles. The fourth-order valence-electron chi connectivity index (χ4n) is 2.86. The molecule has 0 unspecified atom stereocenters. The van der Waals surface area contributed by atoms with Crippen LogP contribution in [0.1, 0.15) is 34.8 Å². The molecule has 0 radical (unpaired) electrons. The Kier molecular flexibility index (Phi) is 3.57. The number of anilines is 1. The van der Waals surface area contributed by atoms with E-state index in [9.17, 15) is 4.79 Å². The van der Waals surface area contributed by atoms with E-state index in [0.717, 1.165) is 29.7 Å². The van der Waals surface area contributed by atoms with Gasteiger partial charge in [0.1, 0.15) is 5.82 Å². The normalized spacial score (nSPS) is 13.7. The van der Waals surface area contributed by atoms with Gasteiger partial charge >= 0.3 is 0 Å². The lowest BCUT2D eigenvalue weighted by Gasteiger charge is -2.07. The molecule has 0 bridgehead atoms. The van der Waals surface area contributed by atoms with Crippen molar-refractivity contribution in [2.45, 2.75) is 18.8 Å². The summed E-state index contributed by atoms with van der Waals surface area (Å²) in [4.78, 5) is 21.0. The number of nitrogens with zero attached hydrogens (tertiary/aromatic N) is 4. The zero-order chi connectivity index (χ0) is 16.5. The van der Waals surface area contributed by atoms with Gasteiger partial charge in [0.05, 0.1) is 17.5 Å². The predicted octanol–water partition coefficient (Wildman–Crippen LogP) is 3.01. The molecule has 3 aromatic heterocycles. The summed E-state index contributed by atoms with van der Waals surface area (Å²) in [6.07, 6.45) is 9.07. The van der Waals surface area contributed by atoms with E-state index in [1.165, 1.54) is 0 Å². The fraction of sp³-hybridized carbons (Fsp3) is 0.222. The number of carbonyl (C=O) groups excluding carboxylic acids is 1. The predicted molar refractivity (Wildman–Crippen MR) is 90.6 cm³/mol. The SMILES string of the molecule is Cn1ncc(C(=O)Nc2cc(-c3cccnc3)ccn2)c1C1CC1. The molecule has 1 N–H and O–H groups in total. The van der Waals surface area contributed by atoms with Crippen LogP contribution < -0.4 is 5.32 Å². The van der Waals surface area contributed by atoms with Gasteiger partial charge in [-0.25, -0.2) is 4.98 Å². The van der Waals surface area contributed by atoms with Gasteiger partial charge in [-0.3, -0.25) is 14.5 Å². The summed E-state index contributed by atoms with van der Waals surface area (Å²) in [7, 11) is 1.88. The van der Waals surface area contributed by atoms with E-state index in [1.54, 1.807) is 29.5 Å². The van der Waals surface area contributed by atoms with Crippen molar-refractivity contribution >= 4 is 11.7 Å². The summed E-state index contributed by atoms with van der Waals surface area (Å²) in [5, 5.41) is 7.11. The standard InChI is InChI=1S/C18H17N5O/c1-23-17(12-4-5-12)15(11-21-23)18(24)22-16-9-13(6-8-20-16)14-3-2-7-19-10-14/h2-3,6-12H,4-5H2,1H3,(H,20,22,24). The van der Waals surface area contributed by atoms with Gasteiger partial charge in [-0.05, 0) is 36.6 Å². The minimum atomic E-state index is -0.166. The summed E-state index contributed by atoms with van der Waals surface area (Å²) in [5.41, 5.74) is 3.59. The van der Waals surface area contributed by atoms with Crippen molar-refractivity contribution in [1.82, 2.24) is 19.7 Å². The molecule has 1 aliphatic carbocycles. The average molecular weight is 319 g/mol. The van der Waals surface area contributed by atoms with Gasteiger partial charge in [-0.1, -0.05) is 6.07 Å². The number of aryl methyl sites for hydroxylation is 1. The minimum absolute atomic E-state index is 0.166. The van der Waals surface area contributed by atoms with Gasteiger partial charge in [0, 0.05) is 37.1 Å². The third kappa shape index (κ3) is 2.78. The van der Waals surface area contributed by atoms with Crippen LogP contribution in [0, 0.1) is 0 Å². The highest BCUT2D eigenvalue weighted by atomic mass is 16.1. The van der Waals surface area contributed by atoms with Crippen molar-refractivity contribution in [3.05, 3.63) is 60.3 Å². The van der Waals surface area contributed by atoms with Crippen LogP contribution in [0.2, 0.25) is 0 Å². The summed E-state index contributed by atoms with van der Waals surface area (Å²) >= 11 is 0. The maximum Gasteiger partial charge on any atom is 0.260 e. The van der Waals surface area contributed by atoms with Crippen LogP contribution >= 0.6 is 0 Å². The van der Waals surface area contributed by atoms with Crippen LogP contribution in [0.3, 0.4) is 0 Å². The van der Waals surface area contributed by atoms with Crippen molar-refractivity contribution < 1.29 is 4.79 Å². The number of nitrogens with one attached hydrogen (secondary N) is 1. The fourth-order valence-corrected chi connectivity index (χ4v) is 2.86. The highest BCUT2D eigenvalue weighted by molar-refractivity contribution is 6.04. The second-order valence-corrected chi connectivity index (χ2v) is 5.97. The molecule has 1 saturated carbocycles. The summed E-state index contributed by atoms with van der Waals surface area (Å²) in [6.45, 7) is 0. The number of pyridine rings is 2. The molecular formula is C18H17N5O. The number of hydrogen-bond donors (Lipinski definition) is 1. The van der Waals surface area contributed by atoms with E-state index in [4.69, 9.17) is 0 Å². The van der Waals surface area contributed by atoms with E-state index < -0.39 is 0 Å². The number of hydrogen-bond acceptors (Lipinski definition) is 4. The molecule has 0 spiro atoms. The van der Waals surface area contributed by atoms with Crippen molar-refractivity contribution in [2.75, 3.05) is 5.32 Å². The monoisotopic (exact) mass is 319 g/mol. The van der Waals surface area contributed by atoms with E-state index in [-0.39, 0.29) is 5.91 Å². The molecule has 24 heavy (non-hydrogen) atoms. The molecular weight excluding hydrogens is 302 g/mol. The van der Waals surface area contributed by atoms with Crippen molar-refractivity contribution in [3.63, 3.8) is 0 Å². The maximum atomic E-state index is 12.6. The van der Waals surface area contributed by atoms with Crippen molar-refractivity contribution in [2.24, 2.45) is 7.05 Å². The summed E-state index contributed by atoms with van der Waals surface area (Å²) in [5.74, 6) is 0.806. The Morgan fingerprint density at radius 2 is 2.08 bits per heavy atom. The first kappa shape index (κ1) is 14.6. The van der Waals surface area contributed by atoms with E-state index in [2.05, 4.69) is 20.4 Å². The second-order valence-electron chi connectivity index (χ2n) is 5.97. The van der Waals surface area contributed by atoms with Gasteiger partial charge in [0.15, 0.2) is 0 Å². The lowest BCUT2D eigenvalue weighted by Crippen LogP contribution is -2.14. The second kappa shape index (κ2) is 5.88. The number of amides is 1. The molecule has 3 heterocycles. The molecule has 0 saturated heterocycles. The van der Waals surface area contributed by atoms with Crippen molar-refractivity contribution in [1.29, 1.82) is 0 Å². The molecule has 6 heteroatoms. The van der Waals surface area contributed by atoms with Crippen LogP contribution in [-0.2, 0) is 7.05 Å². The largest absolute Gasteiger partial charge is 0.306 e. The molecule has 1 fully saturated rings. The lowest BCUT2D eigenvalue weighted by atomic mass is 10.1. The first-order valence-electron chi connectivity index (χ1n) is 7.92. The van der Waals surface area contributed by atoms with E-state index >= 15 is 0 Å². The Labute approximate surface area is 139 Å². The zero-order valence-electron chi connectivity index (χ0n) is 13.3. The summed E-state index contributed by atoms with van der Waals surface area (Å²) in [6, 6.07) is 7.60. The Morgan fingerprint density at radius 1 is 1.21 bits per heavy atom. The lowest BCUT2D eigenvalue weighted by molar-refractivity contribution is 0.102. The molecule has 3 aromatic rings. The average Bonchev–Trinajstić information content (AvgIpc) is 3.37.